The van der Waals surface area contributed by atoms with E-state index in [0.717, 1.165) is 13.0 Å². The van der Waals surface area contributed by atoms with Crippen LogP contribution in [0.15, 0.2) is 0 Å². The number of nitrogens with zero attached hydrogens (tertiary/aromatic N) is 1. The van der Waals surface area contributed by atoms with Gasteiger partial charge in [0.1, 0.15) is 0 Å². The summed E-state index contributed by atoms with van der Waals surface area (Å²) in [6.07, 6.45) is 1.51. The van der Waals surface area contributed by atoms with Crippen molar-refractivity contribution < 1.29 is 13.2 Å². The molecule has 2 rings (SSSR count). The fraction of sp³-hybridized carbons (Fsp3) is 1.00. The van der Waals surface area contributed by atoms with Gasteiger partial charge in [0.05, 0.1) is 5.92 Å². The number of alkyl halides is 3. The molecule has 0 aromatic heterocycles. The highest BCUT2D eigenvalue weighted by Crippen LogP contribution is 2.44. The van der Waals surface area contributed by atoms with E-state index in [1.807, 2.05) is 7.05 Å². The van der Waals surface area contributed by atoms with Crippen molar-refractivity contribution in [1.82, 2.24) is 4.90 Å². The zero-order chi connectivity index (χ0) is 14.1. The summed E-state index contributed by atoms with van der Waals surface area (Å²) in [5.41, 5.74) is 5.43. The van der Waals surface area contributed by atoms with Gasteiger partial charge in [0.25, 0.3) is 0 Å². The fourth-order valence-corrected chi connectivity index (χ4v) is 3.56. The lowest BCUT2D eigenvalue weighted by Gasteiger charge is -2.48. The molecule has 0 amide bonds. The zero-order valence-electron chi connectivity index (χ0n) is 11.7. The molecule has 2 aliphatic carbocycles. The topological polar surface area (TPSA) is 29.3 Å². The van der Waals surface area contributed by atoms with E-state index in [9.17, 15) is 13.2 Å². The summed E-state index contributed by atoms with van der Waals surface area (Å²) in [7, 11) is 1.96. The van der Waals surface area contributed by atoms with Crippen LogP contribution in [-0.2, 0) is 0 Å². The second-order valence-electron chi connectivity index (χ2n) is 6.44. The minimum Gasteiger partial charge on any atom is -0.329 e. The van der Waals surface area contributed by atoms with E-state index in [1.54, 1.807) is 0 Å². The molecule has 19 heavy (non-hydrogen) atoms. The lowest BCUT2D eigenvalue weighted by atomic mass is 9.73. The van der Waals surface area contributed by atoms with Gasteiger partial charge >= 0.3 is 6.18 Å². The van der Waals surface area contributed by atoms with Crippen LogP contribution in [0.25, 0.3) is 0 Å². The lowest BCUT2D eigenvalue weighted by Crippen LogP contribution is -2.57. The second-order valence-corrected chi connectivity index (χ2v) is 6.44. The average Bonchev–Trinajstić information content (AvgIpc) is 2.32. The van der Waals surface area contributed by atoms with Crippen molar-refractivity contribution in [1.29, 1.82) is 0 Å². The smallest absolute Gasteiger partial charge is 0.329 e. The van der Waals surface area contributed by atoms with E-state index in [2.05, 4.69) is 4.90 Å². The number of hydrogen-bond donors (Lipinski definition) is 1. The van der Waals surface area contributed by atoms with Crippen LogP contribution in [0.5, 0.6) is 0 Å². The third-order valence-electron chi connectivity index (χ3n) is 5.23. The van der Waals surface area contributed by atoms with E-state index in [0.29, 0.717) is 18.9 Å². The average molecular weight is 278 g/mol. The number of hydrogen-bond acceptors (Lipinski definition) is 2. The van der Waals surface area contributed by atoms with Crippen LogP contribution in [0, 0.1) is 11.8 Å². The van der Waals surface area contributed by atoms with Crippen LogP contribution in [-0.4, -0.2) is 36.8 Å². The Balaban J connectivity index is 2.03. The molecule has 2 fully saturated rings. The van der Waals surface area contributed by atoms with Crippen molar-refractivity contribution in [3.8, 4) is 0 Å². The molecule has 2 nitrogen and oxygen atoms in total. The van der Waals surface area contributed by atoms with Crippen molar-refractivity contribution >= 4 is 0 Å². The quantitative estimate of drug-likeness (QED) is 0.856. The van der Waals surface area contributed by atoms with Crippen molar-refractivity contribution in [2.24, 2.45) is 17.6 Å². The summed E-state index contributed by atoms with van der Waals surface area (Å²) in [6, 6.07) is 0. The van der Waals surface area contributed by atoms with E-state index < -0.39 is 17.6 Å². The minimum absolute atomic E-state index is 0.177. The summed E-state index contributed by atoms with van der Waals surface area (Å²) in [6.45, 7) is 1.24. The highest BCUT2D eigenvalue weighted by Gasteiger charge is 2.48. The molecule has 2 atom stereocenters. The van der Waals surface area contributed by atoms with Crippen LogP contribution in [0.4, 0.5) is 13.2 Å². The Kier molecular flexibility index (Phi) is 4.45. The Morgan fingerprint density at radius 2 is 1.89 bits per heavy atom. The van der Waals surface area contributed by atoms with Gasteiger partial charge in [-0.25, -0.2) is 0 Å². The van der Waals surface area contributed by atoms with Crippen LogP contribution < -0.4 is 5.73 Å². The van der Waals surface area contributed by atoms with E-state index in [-0.39, 0.29) is 12.8 Å². The summed E-state index contributed by atoms with van der Waals surface area (Å²) < 4.78 is 38.9. The van der Waals surface area contributed by atoms with Gasteiger partial charge in [-0.1, -0.05) is 12.8 Å². The molecular weight excluding hydrogens is 253 g/mol. The van der Waals surface area contributed by atoms with E-state index in [1.165, 1.54) is 19.3 Å². The Labute approximate surface area is 113 Å². The minimum atomic E-state index is -4.07. The molecule has 0 aromatic rings. The lowest BCUT2D eigenvalue weighted by molar-refractivity contribution is -0.193. The van der Waals surface area contributed by atoms with Gasteiger partial charge in [-0.05, 0) is 45.1 Å². The van der Waals surface area contributed by atoms with Gasteiger partial charge in [0.2, 0.25) is 0 Å². The Morgan fingerprint density at radius 1 is 1.21 bits per heavy atom. The summed E-state index contributed by atoms with van der Waals surface area (Å²) in [4.78, 5) is 2.13. The number of nitrogens with two attached hydrogens (primary N) is 1. The molecule has 2 unspecified atom stereocenters. The Bertz CT molecular complexity index is 302. The maximum absolute atomic E-state index is 13.0. The van der Waals surface area contributed by atoms with Crippen LogP contribution in [0.1, 0.15) is 44.9 Å². The van der Waals surface area contributed by atoms with Gasteiger partial charge < -0.3 is 5.73 Å². The molecule has 0 spiro atoms. The summed E-state index contributed by atoms with van der Waals surface area (Å²) >= 11 is 0. The van der Waals surface area contributed by atoms with Crippen LogP contribution in [0.3, 0.4) is 0 Å². The summed E-state index contributed by atoms with van der Waals surface area (Å²) in [5.74, 6) is -0.506. The highest BCUT2D eigenvalue weighted by molar-refractivity contribution is 4.97. The third kappa shape index (κ3) is 3.24. The van der Waals surface area contributed by atoms with Crippen molar-refractivity contribution in [2.75, 3.05) is 20.1 Å². The largest absolute Gasteiger partial charge is 0.391 e. The predicted octanol–water partition coefficient (Wildman–Crippen LogP) is 3.17. The Morgan fingerprint density at radius 3 is 2.37 bits per heavy atom. The fourth-order valence-electron chi connectivity index (χ4n) is 3.56. The van der Waals surface area contributed by atoms with Crippen molar-refractivity contribution in [2.45, 2.75) is 56.7 Å². The first kappa shape index (κ1) is 15.1. The van der Waals surface area contributed by atoms with E-state index >= 15 is 0 Å². The molecule has 5 heteroatoms. The molecule has 0 radical (unpaired) electrons. The molecule has 0 heterocycles. The molecule has 0 aromatic carbocycles. The van der Waals surface area contributed by atoms with Crippen molar-refractivity contribution in [3.05, 3.63) is 0 Å². The SMILES string of the molecule is CN(CC1CCC1)C1(CN)CCCC(C(F)(F)F)C1. The normalized spacial score (nSPS) is 33.5. The first-order chi connectivity index (χ1) is 8.87. The van der Waals surface area contributed by atoms with E-state index in [4.69, 9.17) is 5.73 Å². The molecule has 2 aliphatic rings. The molecule has 0 aliphatic heterocycles. The number of rotatable bonds is 4. The maximum atomic E-state index is 13.0. The second kappa shape index (κ2) is 5.60. The third-order valence-corrected chi connectivity index (χ3v) is 5.23. The van der Waals surface area contributed by atoms with Gasteiger partial charge in [0.15, 0.2) is 0 Å². The first-order valence-electron chi connectivity index (χ1n) is 7.35. The van der Waals surface area contributed by atoms with Gasteiger partial charge in [0, 0.05) is 18.6 Å². The van der Waals surface area contributed by atoms with Crippen LogP contribution in [0.2, 0.25) is 0 Å². The Hall–Kier alpha value is -0.290. The number of halogens is 3. The maximum Gasteiger partial charge on any atom is 0.391 e. The predicted molar refractivity (Wildman–Crippen MR) is 69.8 cm³/mol. The molecule has 0 bridgehead atoms. The van der Waals surface area contributed by atoms with Crippen LogP contribution >= 0.6 is 0 Å². The van der Waals surface area contributed by atoms with Gasteiger partial charge in [-0.15, -0.1) is 0 Å². The molecule has 112 valence electrons. The molecule has 2 saturated carbocycles. The van der Waals surface area contributed by atoms with Crippen molar-refractivity contribution in [3.63, 3.8) is 0 Å². The first-order valence-corrected chi connectivity index (χ1v) is 7.35. The zero-order valence-corrected chi connectivity index (χ0v) is 11.7. The molecule has 2 N–H and O–H groups in total. The monoisotopic (exact) mass is 278 g/mol. The van der Waals surface area contributed by atoms with Gasteiger partial charge in [-0.3, -0.25) is 4.90 Å². The van der Waals surface area contributed by atoms with Gasteiger partial charge in [-0.2, -0.15) is 13.2 Å². The summed E-state index contributed by atoms with van der Waals surface area (Å²) in [5, 5.41) is 0. The highest BCUT2D eigenvalue weighted by atomic mass is 19.4. The number of likely N-dealkylation sites (N-methyl/N-ethyl adjacent to an activating group) is 1. The standard InChI is InChI=1S/C14H25F3N2/c1-19(9-11-4-2-5-11)13(10-18)7-3-6-12(8-13)14(15,16)17/h11-12H,2-10,18H2,1H3. The molecular formula is C14H25F3N2. The molecule has 0 saturated heterocycles.